The van der Waals surface area contributed by atoms with Crippen LogP contribution in [0.1, 0.15) is 10.5 Å². The highest BCUT2D eigenvalue weighted by Gasteiger charge is 2.14. The Bertz CT molecular complexity index is 1140. The molecule has 0 bridgehead atoms. The third-order valence-corrected chi connectivity index (χ3v) is 5.79. The minimum Gasteiger partial charge on any atom is -0.497 e. The van der Waals surface area contributed by atoms with Gasteiger partial charge in [-0.2, -0.15) is 11.3 Å². The van der Waals surface area contributed by atoms with Crippen LogP contribution >= 0.6 is 22.7 Å². The Labute approximate surface area is 181 Å². The number of aromatic nitrogens is 1. The first-order valence-corrected chi connectivity index (χ1v) is 10.8. The number of thiophene rings is 1. The maximum atomic E-state index is 12.6. The first-order chi connectivity index (χ1) is 14.7. The van der Waals surface area contributed by atoms with Gasteiger partial charge in [-0.05, 0) is 47.8 Å². The molecular formula is C22H18N2O4S2. The van der Waals surface area contributed by atoms with Crippen molar-refractivity contribution in [2.24, 2.45) is 0 Å². The highest BCUT2D eigenvalue weighted by atomic mass is 32.1. The number of hydrogen-bond donors (Lipinski definition) is 1. The summed E-state index contributed by atoms with van der Waals surface area (Å²) in [5.74, 6) is 2.11. The molecule has 0 aliphatic carbocycles. The lowest BCUT2D eigenvalue weighted by molar-refractivity contribution is 0.102. The second-order valence-electron chi connectivity index (χ2n) is 6.15. The zero-order valence-corrected chi connectivity index (χ0v) is 17.9. The molecule has 4 aromatic rings. The molecule has 1 amide bonds. The predicted molar refractivity (Wildman–Crippen MR) is 119 cm³/mol. The SMILES string of the molecule is COc1ccc(Oc2cc(NC(=O)c3csc(-c4ccsc4)n3)ccc2OC)cc1. The minimum absolute atomic E-state index is 0.284. The van der Waals surface area contributed by atoms with E-state index in [1.807, 2.05) is 16.8 Å². The van der Waals surface area contributed by atoms with Gasteiger partial charge in [0.2, 0.25) is 0 Å². The van der Waals surface area contributed by atoms with Crippen LogP contribution in [0, 0.1) is 0 Å². The molecular weight excluding hydrogens is 420 g/mol. The standard InChI is InChI=1S/C22H18N2O4S2/c1-26-16-4-6-17(7-5-16)28-20-11-15(3-8-19(20)27-2)23-21(25)18-13-30-22(24-18)14-9-10-29-12-14/h3-13H,1-2H3,(H,23,25). The third kappa shape index (κ3) is 4.45. The number of methoxy groups -OCH3 is 2. The second kappa shape index (κ2) is 8.98. The van der Waals surface area contributed by atoms with Gasteiger partial charge in [0, 0.05) is 28.1 Å². The van der Waals surface area contributed by atoms with E-state index in [0.717, 1.165) is 16.3 Å². The fraction of sp³-hybridized carbons (Fsp3) is 0.0909. The van der Waals surface area contributed by atoms with E-state index in [2.05, 4.69) is 10.3 Å². The molecule has 0 aliphatic heterocycles. The molecule has 0 fully saturated rings. The zero-order chi connectivity index (χ0) is 20.9. The molecule has 152 valence electrons. The lowest BCUT2D eigenvalue weighted by Crippen LogP contribution is -2.12. The summed E-state index contributed by atoms with van der Waals surface area (Å²) >= 11 is 3.04. The molecule has 0 atom stereocenters. The Kier molecular flexibility index (Phi) is 5.97. The topological polar surface area (TPSA) is 69.7 Å². The number of ether oxygens (including phenoxy) is 3. The van der Waals surface area contributed by atoms with Gasteiger partial charge >= 0.3 is 0 Å². The van der Waals surface area contributed by atoms with Crippen LogP contribution in [0.5, 0.6) is 23.0 Å². The van der Waals surface area contributed by atoms with E-state index in [9.17, 15) is 4.79 Å². The van der Waals surface area contributed by atoms with Crippen LogP contribution in [0.4, 0.5) is 5.69 Å². The van der Waals surface area contributed by atoms with Crippen LogP contribution in [0.3, 0.4) is 0 Å². The second-order valence-corrected chi connectivity index (χ2v) is 7.79. The van der Waals surface area contributed by atoms with Crippen molar-refractivity contribution >= 4 is 34.3 Å². The van der Waals surface area contributed by atoms with Gasteiger partial charge in [0.1, 0.15) is 22.2 Å². The lowest BCUT2D eigenvalue weighted by atomic mass is 10.2. The van der Waals surface area contributed by atoms with Crippen LogP contribution in [-0.2, 0) is 0 Å². The summed E-state index contributed by atoms with van der Waals surface area (Å²) in [5.41, 5.74) is 1.97. The number of nitrogens with one attached hydrogen (secondary N) is 1. The number of carbonyl (C=O) groups is 1. The molecule has 6 nitrogen and oxygen atoms in total. The monoisotopic (exact) mass is 438 g/mol. The molecule has 2 aromatic heterocycles. The Balaban J connectivity index is 1.51. The fourth-order valence-corrected chi connectivity index (χ4v) is 4.21. The van der Waals surface area contributed by atoms with Gasteiger partial charge in [0.05, 0.1) is 14.2 Å². The Hall–Kier alpha value is -3.36. The van der Waals surface area contributed by atoms with Crippen molar-refractivity contribution in [3.8, 4) is 33.6 Å². The predicted octanol–water partition coefficient (Wildman–Crippen LogP) is 5.93. The number of hydrogen-bond acceptors (Lipinski definition) is 7. The van der Waals surface area contributed by atoms with Crippen LogP contribution < -0.4 is 19.5 Å². The van der Waals surface area contributed by atoms with Gasteiger partial charge in [-0.25, -0.2) is 4.98 Å². The summed E-state index contributed by atoms with van der Waals surface area (Å²) in [6.45, 7) is 0. The van der Waals surface area contributed by atoms with Crippen molar-refractivity contribution < 1.29 is 19.0 Å². The van der Waals surface area contributed by atoms with Gasteiger partial charge in [0.15, 0.2) is 11.5 Å². The molecule has 0 spiro atoms. The van der Waals surface area contributed by atoms with Crippen molar-refractivity contribution in [3.05, 3.63) is 70.4 Å². The van der Waals surface area contributed by atoms with Crippen LogP contribution in [0.2, 0.25) is 0 Å². The average Bonchev–Trinajstić information content (AvgIpc) is 3.46. The molecule has 2 aromatic carbocycles. The maximum absolute atomic E-state index is 12.6. The number of amides is 1. The number of anilines is 1. The molecule has 0 saturated heterocycles. The highest BCUT2D eigenvalue weighted by molar-refractivity contribution is 7.14. The van der Waals surface area contributed by atoms with E-state index in [4.69, 9.17) is 14.2 Å². The van der Waals surface area contributed by atoms with Gasteiger partial charge in [0.25, 0.3) is 5.91 Å². The van der Waals surface area contributed by atoms with E-state index in [1.165, 1.54) is 11.3 Å². The largest absolute Gasteiger partial charge is 0.497 e. The summed E-state index contributed by atoms with van der Waals surface area (Å²) in [7, 11) is 3.17. The molecule has 0 radical (unpaired) electrons. The molecule has 0 saturated carbocycles. The summed E-state index contributed by atoms with van der Waals surface area (Å²) < 4.78 is 16.5. The summed E-state index contributed by atoms with van der Waals surface area (Å²) in [6, 6.07) is 14.4. The van der Waals surface area contributed by atoms with Crippen LogP contribution in [0.25, 0.3) is 10.6 Å². The van der Waals surface area contributed by atoms with Gasteiger partial charge in [-0.3, -0.25) is 4.79 Å². The van der Waals surface area contributed by atoms with E-state index in [1.54, 1.807) is 73.4 Å². The Morgan fingerprint density at radius 3 is 2.43 bits per heavy atom. The molecule has 30 heavy (non-hydrogen) atoms. The van der Waals surface area contributed by atoms with Crippen molar-refractivity contribution in [2.75, 3.05) is 19.5 Å². The van der Waals surface area contributed by atoms with Crippen molar-refractivity contribution in [1.82, 2.24) is 4.98 Å². The van der Waals surface area contributed by atoms with Crippen LogP contribution in [-0.4, -0.2) is 25.1 Å². The Morgan fingerprint density at radius 2 is 1.73 bits per heavy atom. The lowest BCUT2D eigenvalue weighted by Gasteiger charge is -2.13. The smallest absolute Gasteiger partial charge is 0.275 e. The maximum Gasteiger partial charge on any atom is 0.275 e. The van der Waals surface area contributed by atoms with Crippen molar-refractivity contribution in [2.45, 2.75) is 0 Å². The first-order valence-electron chi connectivity index (χ1n) is 8.95. The molecule has 2 heterocycles. The summed E-state index contributed by atoms with van der Waals surface area (Å²) in [5, 5.41) is 9.43. The van der Waals surface area contributed by atoms with Crippen molar-refractivity contribution in [3.63, 3.8) is 0 Å². The first kappa shape index (κ1) is 19.9. The van der Waals surface area contributed by atoms with E-state index >= 15 is 0 Å². The fourth-order valence-electron chi connectivity index (χ4n) is 2.70. The third-order valence-electron chi connectivity index (χ3n) is 4.21. The summed E-state index contributed by atoms with van der Waals surface area (Å²) in [6.07, 6.45) is 0. The number of nitrogens with zero attached hydrogens (tertiary/aromatic N) is 1. The molecule has 0 aliphatic rings. The number of benzene rings is 2. The zero-order valence-electron chi connectivity index (χ0n) is 16.2. The van der Waals surface area contributed by atoms with E-state index < -0.39 is 0 Å². The quantitative estimate of drug-likeness (QED) is 0.387. The highest BCUT2D eigenvalue weighted by Crippen LogP contribution is 2.35. The average molecular weight is 439 g/mol. The number of thiazole rings is 1. The Morgan fingerprint density at radius 1 is 0.933 bits per heavy atom. The summed E-state index contributed by atoms with van der Waals surface area (Å²) in [4.78, 5) is 17.1. The molecule has 8 heteroatoms. The van der Waals surface area contributed by atoms with Gasteiger partial charge in [-0.15, -0.1) is 11.3 Å². The number of carbonyl (C=O) groups excluding carboxylic acids is 1. The molecule has 1 N–H and O–H groups in total. The van der Waals surface area contributed by atoms with Crippen molar-refractivity contribution in [1.29, 1.82) is 0 Å². The van der Waals surface area contributed by atoms with Crippen LogP contribution in [0.15, 0.2) is 64.7 Å². The van der Waals surface area contributed by atoms with E-state index in [-0.39, 0.29) is 5.91 Å². The normalized spacial score (nSPS) is 10.5. The van der Waals surface area contributed by atoms with E-state index in [0.29, 0.717) is 28.6 Å². The minimum atomic E-state index is -0.284. The molecule has 0 unspecified atom stereocenters. The molecule has 4 rings (SSSR count). The van der Waals surface area contributed by atoms with Gasteiger partial charge in [-0.1, -0.05) is 0 Å². The van der Waals surface area contributed by atoms with Gasteiger partial charge < -0.3 is 19.5 Å². The number of rotatable bonds is 7.